The van der Waals surface area contributed by atoms with Crippen LogP contribution in [0.4, 0.5) is 4.79 Å². The van der Waals surface area contributed by atoms with E-state index in [1.165, 1.54) is 0 Å². The number of nitrogens with one attached hydrogen (secondary N) is 2. The molecule has 0 aromatic carbocycles. The number of urea groups is 1. The summed E-state index contributed by atoms with van der Waals surface area (Å²) in [7, 11) is 0. The van der Waals surface area contributed by atoms with Crippen molar-refractivity contribution in [1.29, 1.82) is 0 Å². The van der Waals surface area contributed by atoms with E-state index in [1.807, 2.05) is 20.8 Å². The van der Waals surface area contributed by atoms with Gasteiger partial charge in [0.05, 0.1) is 17.6 Å². The number of carbonyl (C=O) groups excluding carboxylic acids is 1. The maximum atomic E-state index is 11.7. The molecule has 6 nitrogen and oxygen atoms in total. The molecule has 2 unspecified atom stereocenters. The van der Waals surface area contributed by atoms with Crippen molar-refractivity contribution in [2.45, 2.75) is 38.8 Å². The van der Waals surface area contributed by atoms with Gasteiger partial charge in [-0.2, -0.15) is 0 Å². The Labute approximate surface area is 113 Å². The van der Waals surface area contributed by atoms with E-state index in [0.717, 1.165) is 0 Å². The van der Waals surface area contributed by atoms with E-state index < -0.39 is 17.5 Å². The number of rotatable bonds is 6. The molecular formula is C13H22N2O4. The number of carbonyl (C=O) groups is 2. The van der Waals surface area contributed by atoms with Gasteiger partial charge in [-0.3, -0.25) is 4.79 Å². The Morgan fingerprint density at radius 1 is 1.42 bits per heavy atom. The zero-order valence-corrected chi connectivity index (χ0v) is 11.6. The van der Waals surface area contributed by atoms with Crippen molar-refractivity contribution in [3.8, 4) is 0 Å². The summed E-state index contributed by atoms with van der Waals surface area (Å²) in [5.74, 6) is -1.37. The van der Waals surface area contributed by atoms with Gasteiger partial charge in [-0.15, -0.1) is 0 Å². The molecule has 1 aliphatic rings. The molecule has 2 atom stereocenters. The fraction of sp³-hybridized carbons (Fsp3) is 0.692. The zero-order chi connectivity index (χ0) is 14.5. The Bertz CT molecular complexity index is 366. The SMILES string of the molecule is CCOC(C)(C)CNC(=O)NC1C=CC(C(=O)O)C1. The molecule has 108 valence electrons. The van der Waals surface area contributed by atoms with Crippen molar-refractivity contribution in [3.05, 3.63) is 12.2 Å². The van der Waals surface area contributed by atoms with Crippen LogP contribution < -0.4 is 10.6 Å². The molecule has 1 rings (SSSR count). The Balaban J connectivity index is 2.30. The number of amides is 2. The van der Waals surface area contributed by atoms with E-state index in [-0.39, 0.29) is 12.1 Å². The van der Waals surface area contributed by atoms with Gasteiger partial charge >= 0.3 is 12.0 Å². The number of carboxylic acid groups (broad SMARTS) is 1. The summed E-state index contributed by atoms with van der Waals surface area (Å²) < 4.78 is 5.46. The number of carboxylic acids is 1. The van der Waals surface area contributed by atoms with E-state index in [9.17, 15) is 9.59 Å². The molecule has 19 heavy (non-hydrogen) atoms. The van der Waals surface area contributed by atoms with Crippen LogP contribution in [0.3, 0.4) is 0 Å². The van der Waals surface area contributed by atoms with Crippen LogP contribution >= 0.6 is 0 Å². The molecule has 3 N–H and O–H groups in total. The molecule has 0 radical (unpaired) electrons. The highest BCUT2D eigenvalue weighted by Crippen LogP contribution is 2.17. The number of aliphatic carboxylic acids is 1. The van der Waals surface area contributed by atoms with Gasteiger partial charge in [-0.05, 0) is 27.2 Å². The van der Waals surface area contributed by atoms with Crippen LogP contribution in [-0.2, 0) is 9.53 Å². The largest absolute Gasteiger partial charge is 0.481 e. The van der Waals surface area contributed by atoms with Gasteiger partial charge < -0.3 is 20.5 Å². The third-order valence-corrected chi connectivity index (χ3v) is 2.93. The highest BCUT2D eigenvalue weighted by molar-refractivity contribution is 5.76. The minimum atomic E-state index is -0.863. The van der Waals surface area contributed by atoms with Crippen molar-refractivity contribution in [3.63, 3.8) is 0 Å². The number of ether oxygens (including phenoxy) is 1. The highest BCUT2D eigenvalue weighted by Gasteiger charge is 2.26. The molecule has 2 amide bonds. The predicted octanol–water partition coefficient (Wildman–Crippen LogP) is 1.13. The lowest BCUT2D eigenvalue weighted by Crippen LogP contribution is -2.47. The standard InChI is InChI=1S/C13H22N2O4/c1-4-19-13(2,3)8-14-12(18)15-10-6-5-9(7-10)11(16)17/h5-6,9-10H,4,7-8H2,1-3H3,(H,16,17)(H2,14,15,18). The van der Waals surface area contributed by atoms with Crippen molar-refractivity contribution < 1.29 is 19.4 Å². The Kier molecular flexibility index (Phi) is 5.35. The lowest BCUT2D eigenvalue weighted by molar-refractivity contribution is -0.140. The first kappa shape index (κ1) is 15.5. The Morgan fingerprint density at radius 3 is 2.63 bits per heavy atom. The number of hydrogen-bond acceptors (Lipinski definition) is 3. The molecule has 0 aliphatic heterocycles. The highest BCUT2D eigenvalue weighted by atomic mass is 16.5. The van der Waals surface area contributed by atoms with Crippen molar-refractivity contribution in [1.82, 2.24) is 10.6 Å². The fourth-order valence-corrected chi connectivity index (χ4v) is 1.94. The smallest absolute Gasteiger partial charge is 0.315 e. The lowest BCUT2D eigenvalue weighted by Gasteiger charge is -2.25. The Morgan fingerprint density at radius 2 is 2.11 bits per heavy atom. The van der Waals surface area contributed by atoms with Crippen LogP contribution in [0, 0.1) is 5.92 Å². The van der Waals surface area contributed by atoms with Crippen LogP contribution in [0.2, 0.25) is 0 Å². The molecule has 0 fully saturated rings. The van der Waals surface area contributed by atoms with Crippen LogP contribution in [0.5, 0.6) is 0 Å². The molecule has 0 heterocycles. The minimum Gasteiger partial charge on any atom is -0.481 e. The second-order valence-corrected chi connectivity index (χ2v) is 5.19. The van der Waals surface area contributed by atoms with Gasteiger partial charge in [-0.25, -0.2) is 4.79 Å². The second kappa shape index (κ2) is 6.56. The van der Waals surface area contributed by atoms with Crippen molar-refractivity contribution in [2.75, 3.05) is 13.2 Å². The average Bonchev–Trinajstić information content (AvgIpc) is 2.75. The van der Waals surface area contributed by atoms with Crippen LogP contribution in [-0.4, -0.2) is 41.9 Å². The van der Waals surface area contributed by atoms with E-state index in [0.29, 0.717) is 19.6 Å². The van der Waals surface area contributed by atoms with Crippen molar-refractivity contribution in [2.24, 2.45) is 5.92 Å². The van der Waals surface area contributed by atoms with Gasteiger partial charge in [0.15, 0.2) is 0 Å². The molecular weight excluding hydrogens is 248 g/mol. The van der Waals surface area contributed by atoms with Gasteiger partial charge in [0.2, 0.25) is 0 Å². The molecule has 0 saturated heterocycles. The van der Waals surface area contributed by atoms with E-state index in [4.69, 9.17) is 9.84 Å². The fourth-order valence-electron chi connectivity index (χ4n) is 1.94. The van der Waals surface area contributed by atoms with Crippen LogP contribution in [0.1, 0.15) is 27.2 Å². The summed E-state index contributed by atoms with van der Waals surface area (Å²) in [6.07, 6.45) is 3.72. The Hall–Kier alpha value is -1.56. The molecule has 0 bridgehead atoms. The first-order valence-corrected chi connectivity index (χ1v) is 6.43. The third-order valence-electron chi connectivity index (χ3n) is 2.93. The predicted molar refractivity (Wildman–Crippen MR) is 70.9 cm³/mol. The summed E-state index contributed by atoms with van der Waals surface area (Å²) in [6, 6.07) is -0.537. The minimum absolute atomic E-state index is 0.226. The maximum Gasteiger partial charge on any atom is 0.315 e. The second-order valence-electron chi connectivity index (χ2n) is 5.19. The summed E-state index contributed by atoms with van der Waals surface area (Å²) in [5.41, 5.74) is -0.415. The van der Waals surface area contributed by atoms with Gasteiger partial charge in [0, 0.05) is 13.2 Å². The first-order chi connectivity index (χ1) is 8.84. The third kappa shape index (κ3) is 5.30. The van der Waals surface area contributed by atoms with E-state index in [2.05, 4.69) is 10.6 Å². The van der Waals surface area contributed by atoms with E-state index in [1.54, 1.807) is 12.2 Å². The van der Waals surface area contributed by atoms with Crippen molar-refractivity contribution >= 4 is 12.0 Å². The van der Waals surface area contributed by atoms with Crippen LogP contribution in [0.15, 0.2) is 12.2 Å². The summed E-state index contributed by atoms with van der Waals surface area (Å²) in [5, 5.41) is 14.3. The molecule has 0 aromatic heterocycles. The van der Waals surface area contributed by atoms with Gasteiger partial charge in [0.25, 0.3) is 0 Å². The van der Waals surface area contributed by atoms with Gasteiger partial charge in [-0.1, -0.05) is 12.2 Å². The maximum absolute atomic E-state index is 11.7. The molecule has 0 spiro atoms. The topological polar surface area (TPSA) is 87.7 Å². The van der Waals surface area contributed by atoms with Crippen LogP contribution in [0.25, 0.3) is 0 Å². The quantitative estimate of drug-likeness (QED) is 0.631. The number of hydrogen-bond donors (Lipinski definition) is 3. The average molecular weight is 270 g/mol. The van der Waals surface area contributed by atoms with Gasteiger partial charge in [0.1, 0.15) is 0 Å². The lowest BCUT2D eigenvalue weighted by atomic mass is 10.1. The zero-order valence-electron chi connectivity index (χ0n) is 11.6. The van der Waals surface area contributed by atoms with E-state index >= 15 is 0 Å². The molecule has 1 aliphatic carbocycles. The normalized spacial score (nSPS) is 22.3. The first-order valence-electron chi connectivity index (χ1n) is 6.43. The monoisotopic (exact) mass is 270 g/mol. The molecule has 6 heteroatoms. The summed E-state index contributed by atoms with van der Waals surface area (Å²) >= 11 is 0. The summed E-state index contributed by atoms with van der Waals surface area (Å²) in [4.78, 5) is 22.4. The molecule has 0 saturated carbocycles. The summed E-state index contributed by atoms with van der Waals surface area (Å²) in [6.45, 7) is 6.67. The molecule has 0 aromatic rings.